The summed E-state index contributed by atoms with van der Waals surface area (Å²) >= 11 is 0. The fourth-order valence-corrected chi connectivity index (χ4v) is 1.61. The molecular weight excluding hydrogens is 260 g/mol. The van der Waals surface area contributed by atoms with Crippen LogP contribution in [0.3, 0.4) is 0 Å². The zero-order valence-corrected chi connectivity index (χ0v) is 10.8. The predicted molar refractivity (Wildman–Crippen MR) is 73.7 cm³/mol. The van der Waals surface area contributed by atoms with Crippen LogP contribution >= 0.6 is 0 Å². The van der Waals surface area contributed by atoms with Crippen LogP contribution in [0.15, 0.2) is 30.6 Å². The first-order valence-corrected chi connectivity index (χ1v) is 5.81. The number of ether oxygens (including phenoxy) is 1. The topological polar surface area (TPSA) is 110 Å². The smallest absolute Gasteiger partial charge is 0.337 e. The van der Waals surface area contributed by atoms with Gasteiger partial charge in [-0.1, -0.05) is 0 Å². The summed E-state index contributed by atoms with van der Waals surface area (Å²) in [5.74, 6) is -0.133. The quantitative estimate of drug-likeness (QED) is 0.755. The molecule has 7 heteroatoms. The molecule has 0 amide bonds. The molecule has 0 saturated heterocycles. The number of anilines is 2. The lowest BCUT2D eigenvalue weighted by molar-refractivity contribution is 0.0698. The molecule has 2 heterocycles. The zero-order chi connectivity index (χ0) is 14.5. The average Bonchev–Trinajstić information content (AvgIpc) is 2.46. The number of carboxylic acid groups (broad SMARTS) is 1. The van der Waals surface area contributed by atoms with Crippen LogP contribution in [0.1, 0.15) is 15.9 Å². The Morgan fingerprint density at radius 3 is 2.95 bits per heavy atom. The maximum Gasteiger partial charge on any atom is 0.337 e. The van der Waals surface area contributed by atoms with E-state index in [2.05, 4.69) is 15.3 Å². The summed E-state index contributed by atoms with van der Waals surface area (Å²) < 4.78 is 5.02. The number of nitrogens with one attached hydrogen (secondary N) is 1. The van der Waals surface area contributed by atoms with Gasteiger partial charge in [0, 0.05) is 18.8 Å². The third-order valence-electron chi connectivity index (χ3n) is 2.65. The SMILES string of the molecule is COc1cc(CNc2cc(C(=O)O)c(N)cn2)ccn1. The van der Waals surface area contributed by atoms with E-state index in [9.17, 15) is 4.79 Å². The molecule has 0 atom stereocenters. The molecule has 0 saturated carbocycles. The highest BCUT2D eigenvalue weighted by Crippen LogP contribution is 2.16. The monoisotopic (exact) mass is 274 g/mol. The number of nitrogens with two attached hydrogens (primary N) is 1. The van der Waals surface area contributed by atoms with Crippen molar-refractivity contribution < 1.29 is 14.6 Å². The van der Waals surface area contributed by atoms with Crippen LogP contribution in [-0.2, 0) is 6.54 Å². The molecule has 4 N–H and O–H groups in total. The molecule has 104 valence electrons. The Bertz CT molecular complexity index is 631. The van der Waals surface area contributed by atoms with Crippen LogP contribution in [0.25, 0.3) is 0 Å². The number of rotatable bonds is 5. The van der Waals surface area contributed by atoms with Gasteiger partial charge in [-0.05, 0) is 17.7 Å². The third kappa shape index (κ3) is 3.14. The second kappa shape index (κ2) is 5.87. The molecule has 0 spiro atoms. The van der Waals surface area contributed by atoms with Crippen LogP contribution in [0.4, 0.5) is 11.5 Å². The van der Waals surface area contributed by atoms with Gasteiger partial charge in [-0.2, -0.15) is 0 Å². The summed E-state index contributed by atoms with van der Waals surface area (Å²) in [6.07, 6.45) is 2.95. The minimum Gasteiger partial charge on any atom is -0.481 e. The van der Waals surface area contributed by atoms with Gasteiger partial charge in [0.2, 0.25) is 5.88 Å². The summed E-state index contributed by atoms with van der Waals surface area (Å²) in [7, 11) is 1.54. The van der Waals surface area contributed by atoms with Crippen molar-refractivity contribution in [2.75, 3.05) is 18.2 Å². The largest absolute Gasteiger partial charge is 0.481 e. The normalized spacial score (nSPS) is 10.1. The Kier molecular flexibility index (Phi) is 3.99. The average molecular weight is 274 g/mol. The van der Waals surface area contributed by atoms with Crippen LogP contribution in [0.5, 0.6) is 5.88 Å². The number of pyridine rings is 2. The molecule has 0 bridgehead atoms. The van der Waals surface area contributed by atoms with Crippen molar-refractivity contribution in [3.8, 4) is 5.88 Å². The number of methoxy groups -OCH3 is 1. The van der Waals surface area contributed by atoms with Crippen molar-refractivity contribution in [3.63, 3.8) is 0 Å². The standard InChI is InChI=1S/C13H14N4O3/c1-20-12-4-8(2-3-15-12)6-16-11-5-9(13(18)19)10(14)7-17-11/h2-5,7H,6,14H2,1H3,(H,16,17)(H,18,19). The number of carboxylic acids is 1. The van der Waals surface area contributed by atoms with Crippen molar-refractivity contribution >= 4 is 17.5 Å². The number of carbonyl (C=O) groups is 1. The van der Waals surface area contributed by atoms with E-state index in [-0.39, 0.29) is 11.3 Å². The molecule has 7 nitrogen and oxygen atoms in total. The minimum atomic E-state index is -1.08. The van der Waals surface area contributed by atoms with E-state index in [1.54, 1.807) is 19.4 Å². The van der Waals surface area contributed by atoms with Crippen molar-refractivity contribution in [3.05, 3.63) is 41.7 Å². The minimum absolute atomic E-state index is 0.0230. The second-order valence-electron chi connectivity index (χ2n) is 4.02. The highest BCUT2D eigenvalue weighted by atomic mass is 16.5. The summed E-state index contributed by atoms with van der Waals surface area (Å²) in [4.78, 5) is 19.0. The number of aromatic nitrogens is 2. The van der Waals surface area contributed by atoms with Gasteiger partial charge in [0.15, 0.2) is 0 Å². The van der Waals surface area contributed by atoms with Gasteiger partial charge in [-0.3, -0.25) is 0 Å². The molecule has 2 rings (SSSR count). The highest BCUT2D eigenvalue weighted by molar-refractivity contribution is 5.94. The van der Waals surface area contributed by atoms with E-state index in [1.807, 2.05) is 6.07 Å². The Balaban J connectivity index is 2.10. The molecule has 0 aliphatic carbocycles. The zero-order valence-electron chi connectivity index (χ0n) is 10.8. The summed E-state index contributed by atoms with van der Waals surface area (Å²) in [6.45, 7) is 0.467. The first-order chi connectivity index (χ1) is 9.60. The van der Waals surface area contributed by atoms with Gasteiger partial charge in [-0.25, -0.2) is 14.8 Å². The van der Waals surface area contributed by atoms with Crippen LogP contribution in [0.2, 0.25) is 0 Å². The lowest BCUT2D eigenvalue weighted by Gasteiger charge is -2.08. The van der Waals surface area contributed by atoms with Gasteiger partial charge in [-0.15, -0.1) is 0 Å². The van der Waals surface area contributed by atoms with E-state index >= 15 is 0 Å². The van der Waals surface area contributed by atoms with E-state index in [0.29, 0.717) is 18.2 Å². The van der Waals surface area contributed by atoms with Gasteiger partial charge < -0.3 is 20.9 Å². The Labute approximate surface area is 115 Å². The Morgan fingerprint density at radius 2 is 2.25 bits per heavy atom. The molecule has 0 aliphatic rings. The fraction of sp³-hybridized carbons (Fsp3) is 0.154. The van der Waals surface area contributed by atoms with Crippen LogP contribution in [-0.4, -0.2) is 28.2 Å². The maximum atomic E-state index is 11.0. The van der Waals surface area contributed by atoms with E-state index in [1.165, 1.54) is 12.3 Å². The number of nitrogen functional groups attached to an aromatic ring is 1. The lowest BCUT2D eigenvalue weighted by atomic mass is 10.2. The second-order valence-corrected chi connectivity index (χ2v) is 4.02. The Hall–Kier alpha value is -2.83. The van der Waals surface area contributed by atoms with Crippen molar-refractivity contribution in [1.29, 1.82) is 0 Å². The third-order valence-corrected chi connectivity index (χ3v) is 2.65. The lowest BCUT2D eigenvalue weighted by Crippen LogP contribution is -2.07. The maximum absolute atomic E-state index is 11.0. The van der Waals surface area contributed by atoms with E-state index < -0.39 is 5.97 Å². The van der Waals surface area contributed by atoms with Crippen LogP contribution < -0.4 is 15.8 Å². The fourth-order valence-electron chi connectivity index (χ4n) is 1.61. The molecule has 20 heavy (non-hydrogen) atoms. The van der Waals surface area contributed by atoms with E-state index in [4.69, 9.17) is 15.6 Å². The molecule has 0 radical (unpaired) electrons. The van der Waals surface area contributed by atoms with Gasteiger partial charge >= 0.3 is 5.97 Å². The predicted octanol–water partition coefficient (Wildman–Crippen LogP) is 1.38. The molecule has 2 aromatic heterocycles. The molecule has 0 fully saturated rings. The summed E-state index contributed by atoms with van der Waals surface area (Å²) in [6, 6.07) is 5.00. The van der Waals surface area contributed by atoms with Gasteiger partial charge in [0.05, 0.1) is 24.6 Å². The summed E-state index contributed by atoms with van der Waals surface area (Å²) in [5, 5.41) is 12.0. The molecule has 2 aromatic rings. The molecular formula is C13H14N4O3. The first kappa shape index (κ1) is 13.6. The van der Waals surface area contributed by atoms with Crippen molar-refractivity contribution in [2.45, 2.75) is 6.54 Å². The van der Waals surface area contributed by atoms with Gasteiger partial charge in [0.25, 0.3) is 0 Å². The molecule has 0 aliphatic heterocycles. The molecule has 0 unspecified atom stereocenters. The number of hydrogen-bond donors (Lipinski definition) is 3. The number of nitrogens with zero attached hydrogens (tertiary/aromatic N) is 2. The van der Waals surface area contributed by atoms with Crippen molar-refractivity contribution in [2.24, 2.45) is 0 Å². The first-order valence-electron chi connectivity index (χ1n) is 5.81. The number of hydrogen-bond acceptors (Lipinski definition) is 6. The highest BCUT2D eigenvalue weighted by Gasteiger charge is 2.09. The van der Waals surface area contributed by atoms with Crippen molar-refractivity contribution in [1.82, 2.24) is 9.97 Å². The molecule has 0 aromatic carbocycles. The number of aromatic carboxylic acids is 1. The Morgan fingerprint density at radius 1 is 1.45 bits per heavy atom. The summed E-state index contributed by atoms with van der Waals surface area (Å²) in [5.41, 5.74) is 6.63. The van der Waals surface area contributed by atoms with Crippen LogP contribution in [0, 0.1) is 0 Å². The van der Waals surface area contributed by atoms with E-state index in [0.717, 1.165) is 5.56 Å². The van der Waals surface area contributed by atoms with Gasteiger partial charge in [0.1, 0.15) is 5.82 Å².